The minimum atomic E-state index is -0.106. The second-order valence-electron chi connectivity index (χ2n) is 5.27. The van der Waals surface area contributed by atoms with Crippen LogP contribution in [-0.2, 0) is 0 Å². The zero-order valence-electron chi connectivity index (χ0n) is 11.2. The standard InChI is InChI=1S/C14H18Cl2N2O/c1-9(2)11-5-3-4-8-18(11)14(19)13-10(15)6-7-12(16)17-13/h6-7,9,11H,3-5,8H2,1-2H3. The Labute approximate surface area is 123 Å². The Balaban J connectivity index is 2.28. The molecule has 1 unspecified atom stereocenters. The van der Waals surface area contributed by atoms with Crippen molar-refractivity contribution in [3.05, 3.63) is 28.0 Å². The molecule has 1 fully saturated rings. The van der Waals surface area contributed by atoms with E-state index in [-0.39, 0.29) is 17.6 Å². The van der Waals surface area contributed by atoms with Crippen molar-refractivity contribution < 1.29 is 4.79 Å². The van der Waals surface area contributed by atoms with Crippen LogP contribution in [0.3, 0.4) is 0 Å². The van der Waals surface area contributed by atoms with Crippen LogP contribution in [0.1, 0.15) is 43.6 Å². The summed E-state index contributed by atoms with van der Waals surface area (Å²) in [7, 11) is 0. The quantitative estimate of drug-likeness (QED) is 0.772. The van der Waals surface area contributed by atoms with Crippen molar-refractivity contribution in [1.29, 1.82) is 0 Å². The number of piperidine rings is 1. The highest BCUT2D eigenvalue weighted by molar-refractivity contribution is 6.34. The van der Waals surface area contributed by atoms with E-state index in [0.717, 1.165) is 19.4 Å². The number of halogens is 2. The first kappa shape index (κ1) is 14.6. The first-order valence-corrected chi connectivity index (χ1v) is 7.39. The Morgan fingerprint density at radius 1 is 1.37 bits per heavy atom. The van der Waals surface area contributed by atoms with Crippen LogP contribution in [0.25, 0.3) is 0 Å². The van der Waals surface area contributed by atoms with Gasteiger partial charge in [0, 0.05) is 12.6 Å². The lowest BCUT2D eigenvalue weighted by atomic mass is 9.92. The molecule has 104 valence electrons. The Hall–Kier alpha value is -0.800. The Morgan fingerprint density at radius 2 is 2.11 bits per heavy atom. The minimum Gasteiger partial charge on any atom is -0.334 e. The minimum absolute atomic E-state index is 0.106. The van der Waals surface area contributed by atoms with Gasteiger partial charge in [-0.3, -0.25) is 4.79 Å². The number of carbonyl (C=O) groups excluding carboxylic acids is 1. The number of rotatable bonds is 2. The maximum Gasteiger partial charge on any atom is 0.274 e. The largest absolute Gasteiger partial charge is 0.334 e. The highest BCUT2D eigenvalue weighted by atomic mass is 35.5. The van der Waals surface area contributed by atoms with Gasteiger partial charge >= 0.3 is 0 Å². The average molecular weight is 301 g/mol. The Morgan fingerprint density at radius 3 is 2.79 bits per heavy atom. The fraction of sp³-hybridized carbons (Fsp3) is 0.571. The smallest absolute Gasteiger partial charge is 0.274 e. The van der Waals surface area contributed by atoms with Gasteiger partial charge < -0.3 is 4.90 Å². The number of pyridine rings is 1. The van der Waals surface area contributed by atoms with Gasteiger partial charge in [0.2, 0.25) is 0 Å². The Bertz CT molecular complexity index is 477. The fourth-order valence-corrected chi connectivity index (χ4v) is 2.94. The van der Waals surface area contributed by atoms with Crippen molar-refractivity contribution in [3.63, 3.8) is 0 Å². The van der Waals surface area contributed by atoms with Gasteiger partial charge in [0.1, 0.15) is 10.8 Å². The highest BCUT2D eigenvalue weighted by Gasteiger charge is 2.31. The second-order valence-corrected chi connectivity index (χ2v) is 6.06. The van der Waals surface area contributed by atoms with Gasteiger partial charge in [0.25, 0.3) is 5.91 Å². The van der Waals surface area contributed by atoms with Crippen LogP contribution in [-0.4, -0.2) is 28.4 Å². The van der Waals surface area contributed by atoms with Gasteiger partial charge in [-0.1, -0.05) is 37.0 Å². The molecule has 1 amide bonds. The lowest BCUT2D eigenvalue weighted by Crippen LogP contribution is -2.46. The SMILES string of the molecule is CC(C)C1CCCCN1C(=O)c1nc(Cl)ccc1Cl. The van der Waals surface area contributed by atoms with E-state index in [1.54, 1.807) is 12.1 Å². The van der Waals surface area contributed by atoms with E-state index in [1.165, 1.54) is 6.42 Å². The summed E-state index contributed by atoms with van der Waals surface area (Å²) in [4.78, 5) is 18.6. The van der Waals surface area contributed by atoms with Crippen molar-refractivity contribution in [3.8, 4) is 0 Å². The monoisotopic (exact) mass is 300 g/mol. The molecule has 0 spiro atoms. The first-order valence-electron chi connectivity index (χ1n) is 6.63. The molecular formula is C14H18Cl2N2O. The number of nitrogens with zero attached hydrogens (tertiary/aromatic N) is 2. The van der Waals surface area contributed by atoms with E-state index < -0.39 is 0 Å². The zero-order chi connectivity index (χ0) is 14.0. The molecule has 1 aliphatic rings. The molecule has 1 aromatic heterocycles. The normalized spacial score (nSPS) is 19.8. The number of hydrogen-bond acceptors (Lipinski definition) is 2. The van der Waals surface area contributed by atoms with E-state index in [9.17, 15) is 4.79 Å². The summed E-state index contributed by atoms with van der Waals surface area (Å²) in [5, 5.41) is 0.660. The molecule has 19 heavy (non-hydrogen) atoms. The number of carbonyl (C=O) groups is 1. The third kappa shape index (κ3) is 3.21. The average Bonchev–Trinajstić information content (AvgIpc) is 2.40. The van der Waals surface area contributed by atoms with E-state index in [4.69, 9.17) is 23.2 Å². The van der Waals surface area contributed by atoms with E-state index in [2.05, 4.69) is 18.8 Å². The number of likely N-dealkylation sites (tertiary alicyclic amines) is 1. The van der Waals surface area contributed by atoms with E-state index >= 15 is 0 Å². The number of aromatic nitrogens is 1. The van der Waals surface area contributed by atoms with Crippen molar-refractivity contribution in [1.82, 2.24) is 9.88 Å². The van der Waals surface area contributed by atoms with Crippen LogP contribution >= 0.6 is 23.2 Å². The van der Waals surface area contributed by atoms with Gasteiger partial charge in [-0.15, -0.1) is 0 Å². The molecule has 1 atom stereocenters. The van der Waals surface area contributed by atoms with Crippen LogP contribution in [0.2, 0.25) is 10.2 Å². The maximum atomic E-state index is 12.6. The lowest BCUT2D eigenvalue weighted by Gasteiger charge is -2.38. The lowest BCUT2D eigenvalue weighted by molar-refractivity contribution is 0.0537. The van der Waals surface area contributed by atoms with Crippen LogP contribution in [0.5, 0.6) is 0 Å². The molecule has 0 bridgehead atoms. The third-order valence-corrected chi connectivity index (χ3v) is 4.11. The molecule has 1 saturated heterocycles. The maximum absolute atomic E-state index is 12.6. The molecule has 0 saturated carbocycles. The van der Waals surface area contributed by atoms with Crippen LogP contribution in [0, 0.1) is 5.92 Å². The third-order valence-electron chi connectivity index (χ3n) is 3.59. The molecule has 5 heteroatoms. The summed E-state index contributed by atoms with van der Waals surface area (Å²) in [5.74, 6) is 0.327. The van der Waals surface area contributed by atoms with Crippen molar-refractivity contribution in [2.75, 3.05) is 6.54 Å². The van der Waals surface area contributed by atoms with Crippen LogP contribution in [0.4, 0.5) is 0 Å². The highest BCUT2D eigenvalue weighted by Crippen LogP contribution is 2.27. The summed E-state index contributed by atoms with van der Waals surface area (Å²) >= 11 is 11.9. The predicted octanol–water partition coefficient (Wildman–Crippen LogP) is 4.04. The van der Waals surface area contributed by atoms with Crippen molar-refractivity contribution in [2.45, 2.75) is 39.2 Å². The molecule has 1 aliphatic heterocycles. The van der Waals surface area contributed by atoms with Crippen LogP contribution in [0.15, 0.2) is 12.1 Å². The summed E-state index contributed by atoms with van der Waals surface area (Å²) in [6.07, 6.45) is 3.25. The van der Waals surface area contributed by atoms with Crippen LogP contribution < -0.4 is 0 Å². The molecule has 2 heterocycles. The number of hydrogen-bond donors (Lipinski definition) is 0. The Kier molecular flexibility index (Phi) is 4.69. The van der Waals surface area contributed by atoms with Crippen molar-refractivity contribution in [2.24, 2.45) is 5.92 Å². The van der Waals surface area contributed by atoms with Gasteiger partial charge in [-0.25, -0.2) is 4.98 Å². The molecule has 0 radical (unpaired) electrons. The van der Waals surface area contributed by atoms with Gasteiger partial charge in [0.15, 0.2) is 0 Å². The first-order chi connectivity index (χ1) is 9.00. The predicted molar refractivity (Wildman–Crippen MR) is 77.8 cm³/mol. The van der Waals surface area contributed by atoms with E-state index in [1.807, 2.05) is 4.90 Å². The van der Waals surface area contributed by atoms with Gasteiger partial charge in [-0.2, -0.15) is 0 Å². The van der Waals surface area contributed by atoms with Gasteiger partial charge in [-0.05, 0) is 37.3 Å². The summed E-state index contributed by atoms with van der Waals surface area (Å²) in [6, 6.07) is 3.48. The van der Waals surface area contributed by atoms with E-state index in [0.29, 0.717) is 16.1 Å². The molecule has 0 N–H and O–H groups in total. The van der Waals surface area contributed by atoms with Gasteiger partial charge in [0.05, 0.1) is 5.02 Å². The second kappa shape index (κ2) is 6.10. The molecule has 0 aliphatic carbocycles. The molecule has 2 rings (SSSR count). The summed E-state index contributed by atoms with van der Waals surface area (Å²) in [6.45, 7) is 5.05. The molecule has 0 aromatic carbocycles. The fourth-order valence-electron chi connectivity index (χ4n) is 2.61. The number of amides is 1. The summed E-state index contributed by atoms with van der Waals surface area (Å²) < 4.78 is 0. The summed E-state index contributed by atoms with van der Waals surface area (Å²) in [5.41, 5.74) is 0.265. The van der Waals surface area contributed by atoms with Crippen molar-refractivity contribution >= 4 is 29.1 Å². The topological polar surface area (TPSA) is 33.2 Å². The molecule has 3 nitrogen and oxygen atoms in total. The molecule has 1 aromatic rings. The zero-order valence-corrected chi connectivity index (χ0v) is 12.7. The molecular weight excluding hydrogens is 283 g/mol.